The standard InChI is InChI=1S/C16H27N3S/c1-3-13-5-4-9-19(10-8-13)16-18-12(2)15(20-16)11-17-14-6-7-14/h13-14,17H,3-11H2,1-2H3. The Labute approximate surface area is 126 Å². The minimum absolute atomic E-state index is 0.781. The second kappa shape index (κ2) is 6.44. The number of aromatic nitrogens is 1. The molecule has 1 N–H and O–H groups in total. The highest BCUT2D eigenvalue weighted by atomic mass is 32.1. The summed E-state index contributed by atoms with van der Waals surface area (Å²) in [5.74, 6) is 0.928. The van der Waals surface area contributed by atoms with Crippen molar-refractivity contribution in [3.8, 4) is 0 Å². The van der Waals surface area contributed by atoms with Crippen molar-refractivity contribution in [3.05, 3.63) is 10.6 Å². The number of nitrogens with zero attached hydrogens (tertiary/aromatic N) is 2. The summed E-state index contributed by atoms with van der Waals surface area (Å²) in [5, 5.41) is 4.87. The first-order valence-corrected chi connectivity index (χ1v) is 9.02. The Kier molecular flexibility index (Phi) is 4.61. The van der Waals surface area contributed by atoms with Crippen LogP contribution < -0.4 is 10.2 Å². The van der Waals surface area contributed by atoms with Crippen molar-refractivity contribution in [2.75, 3.05) is 18.0 Å². The maximum Gasteiger partial charge on any atom is 0.185 e. The van der Waals surface area contributed by atoms with Crippen molar-refractivity contribution in [1.29, 1.82) is 0 Å². The summed E-state index contributed by atoms with van der Waals surface area (Å²) in [6, 6.07) is 0.781. The van der Waals surface area contributed by atoms with Crippen LogP contribution >= 0.6 is 11.3 Å². The van der Waals surface area contributed by atoms with E-state index in [0.717, 1.165) is 18.5 Å². The first kappa shape index (κ1) is 14.3. The molecule has 1 atom stereocenters. The minimum atomic E-state index is 0.781. The highest BCUT2D eigenvalue weighted by molar-refractivity contribution is 7.15. The quantitative estimate of drug-likeness (QED) is 0.897. The summed E-state index contributed by atoms with van der Waals surface area (Å²) in [5.41, 5.74) is 1.23. The van der Waals surface area contributed by atoms with Crippen molar-refractivity contribution in [2.45, 2.75) is 65.0 Å². The van der Waals surface area contributed by atoms with E-state index in [1.165, 1.54) is 67.3 Å². The van der Waals surface area contributed by atoms with Crippen LogP contribution in [-0.4, -0.2) is 24.1 Å². The normalized spacial score (nSPS) is 23.9. The summed E-state index contributed by atoms with van der Waals surface area (Å²) >= 11 is 1.91. The van der Waals surface area contributed by atoms with Crippen LogP contribution in [0, 0.1) is 12.8 Å². The molecule has 3 rings (SSSR count). The van der Waals surface area contributed by atoms with Gasteiger partial charge in [0.2, 0.25) is 0 Å². The SMILES string of the molecule is CCC1CCCN(c2nc(C)c(CNC3CC3)s2)CC1. The van der Waals surface area contributed by atoms with Gasteiger partial charge in [0.15, 0.2) is 5.13 Å². The van der Waals surface area contributed by atoms with Crippen LogP contribution in [-0.2, 0) is 6.54 Å². The second-order valence-corrected chi connectivity index (χ2v) is 7.41. The Hall–Kier alpha value is -0.610. The van der Waals surface area contributed by atoms with Crippen LogP contribution in [0.1, 0.15) is 56.0 Å². The monoisotopic (exact) mass is 293 g/mol. The van der Waals surface area contributed by atoms with Gasteiger partial charge in [-0.3, -0.25) is 0 Å². The van der Waals surface area contributed by atoms with Gasteiger partial charge in [-0.2, -0.15) is 0 Å². The van der Waals surface area contributed by atoms with Crippen LogP contribution in [0.15, 0.2) is 0 Å². The lowest BCUT2D eigenvalue weighted by Gasteiger charge is -2.19. The Morgan fingerprint density at radius 1 is 1.25 bits per heavy atom. The van der Waals surface area contributed by atoms with Crippen molar-refractivity contribution in [2.24, 2.45) is 5.92 Å². The first-order chi connectivity index (χ1) is 9.76. The molecule has 1 aromatic rings. The van der Waals surface area contributed by atoms with E-state index in [1.807, 2.05) is 11.3 Å². The molecule has 2 aliphatic rings. The third-order valence-corrected chi connectivity index (χ3v) is 5.92. The van der Waals surface area contributed by atoms with Crippen LogP contribution in [0.25, 0.3) is 0 Å². The topological polar surface area (TPSA) is 28.2 Å². The van der Waals surface area contributed by atoms with Crippen LogP contribution in [0.3, 0.4) is 0 Å². The lowest BCUT2D eigenvalue weighted by molar-refractivity contribution is 0.459. The molecule has 0 radical (unpaired) electrons. The Morgan fingerprint density at radius 3 is 2.85 bits per heavy atom. The molecular formula is C16H27N3S. The summed E-state index contributed by atoms with van der Waals surface area (Å²) in [6.45, 7) is 7.89. The van der Waals surface area contributed by atoms with E-state index < -0.39 is 0 Å². The van der Waals surface area contributed by atoms with Gasteiger partial charge in [0.1, 0.15) is 0 Å². The summed E-state index contributed by atoms with van der Waals surface area (Å²) in [4.78, 5) is 8.78. The third kappa shape index (κ3) is 3.53. The number of nitrogens with one attached hydrogen (secondary N) is 1. The molecule has 112 valence electrons. The summed E-state index contributed by atoms with van der Waals surface area (Å²) in [7, 11) is 0. The molecule has 20 heavy (non-hydrogen) atoms. The van der Waals surface area contributed by atoms with E-state index in [9.17, 15) is 0 Å². The molecule has 1 aliphatic heterocycles. The predicted octanol–water partition coefficient (Wildman–Crippen LogP) is 3.72. The van der Waals surface area contributed by atoms with Gasteiger partial charge in [0, 0.05) is 30.6 Å². The smallest absolute Gasteiger partial charge is 0.185 e. The highest BCUT2D eigenvalue weighted by Crippen LogP contribution is 2.30. The molecular weight excluding hydrogens is 266 g/mol. The van der Waals surface area contributed by atoms with E-state index >= 15 is 0 Å². The zero-order chi connectivity index (χ0) is 13.9. The van der Waals surface area contributed by atoms with Gasteiger partial charge in [-0.25, -0.2) is 4.98 Å². The van der Waals surface area contributed by atoms with E-state index in [-0.39, 0.29) is 0 Å². The molecule has 0 aromatic carbocycles. The zero-order valence-corrected chi connectivity index (χ0v) is 13.6. The number of thiazole rings is 1. The van der Waals surface area contributed by atoms with Gasteiger partial charge in [0.25, 0.3) is 0 Å². The van der Waals surface area contributed by atoms with Gasteiger partial charge in [0.05, 0.1) is 5.69 Å². The zero-order valence-electron chi connectivity index (χ0n) is 12.8. The first-order valence-electron chi connectivity index (χ1n) is 8.21. The molecule has 1 aromatic heterocycles. The third-order valence-electron chi connectivity index (χ3n) is 4.71. The van der Waals surface area contributed by atoms with E-state index in [4.69, 9.17) is 4.98 Å². The lowest BCUT2D eigenvalue weighted by Crippen LogP contribution is -2.23. The summed E-state index contributed by atoms with van der Waals surface area (Å²) < 4.78 is 0. The van der Waals surface area contributed by atoms with Crippen LogP contribution in [0.4, 0.5) is 5.13 Å². The van der Waals surface area contributed by atoms with E-state index in [1.54, 1.807) is 0 Å². The number of rotatable bonds is 5. The lowest BCUT2D eigenvalue weighted by atomic mass is 9.98. The maximum atomic E-state index is 4.83. The van der Waals surface area contributed by atoms with Gasteiger partial charge < -0.3 is 10.2 Å². The molecule has 1 aliphatic carbocycles. The molecule has 2 fully saturated rings. The molecule has 2 heterocycles. The van der Waals surface area contributed by atoms with Gasteiger partial charge in [-0.05, 0) is 44.9 Å². The predicted molar refractivity (Wildman–Crippen MR) is 86.6 cm³/mol. The van der Waals surface area contributed by atoms with Crippen molar-refractivity contribution in [3.63, 3.8) is 0 Å². The Bertz CT molecular complexity index is 439. The molecule has 0 amide bonds. The van der Waals surface area contributed by atoms with Crippen molar-refractivity contribution < 1.29 is 0 Å². The number of hydrogen-bond donors (Lipinski definition) is 1. The van der Waals surface area contributed by atoms with Gasteiger partial charge in [-0.1, -0.05) is 13.3 Å². The van der Waals surface area contributed by atoms with Crippen LogP contribution in [0.2, 0.25) is 0 Å². The average molecular weight is 293 g/mol. The number of anilines is 1. The van der Waals surface area contributed by atoms with Crippen LogP contribution in [0.5, 0.6) is 0 Å². The van der Waals surface area contributed by atoms with Crippen molar-refractivity contribution in [1.82, 2.24) is 10.3 Å². The molecule has 0 bridgehead atoms. The summed E-state index contributed by atoms with van der Waals surface area (Å²) in [6.07, 6.45) is 8.11. The fourth-order valence-electron chi connectivity index (χ4n) is 3.00. The molecule has 3 nitrogen and oxygen atoms in total. The fraction of sp³-hybridized carbons (Fsp3) is 0.812. The second-order valence-electron chi connectivity index (χ2n) is 6.35. The Morgan fingerprint density at radius 2 is 2.10 bits per heavy atom. The molecule has 4 heteroatoms. The molecule has 1 saturated heterocycles. The fourth-order valence-corrected chi connectivity index (χ4v) is 4.06. The molecule has 1 unspecified atom stereocenters. The van der Waals surface area contributed by atoms with Gasteiger partial charge >= 0.3 is 0 Å². The minimum Gasteiger partial charge on any atom is -0.348 e. The highest BCUT2D eigenvalue weighted by Gasteiger charge is 2.22. The maximum absolute atomic E-state index is 4.83. The van der Waals surface area contributed by atoms with Crippen molar-refractivity contribution >= 4 is 16.5 Å². The largest absolute Gasteiger partial charge is 0.348 e. The average Bonchev–Trinajstić information content (AvgIpc) is 3.24. The number of aryl methyl sites for hydroxylation is 1. The van der Waals surface area contributed by atoms with E-state index in [2.05, 4.69) is 24.1 Å². The van der Waals surface area contributed by atoms with Gasteiger partial charge in [-0.15, -0.1) is 11.3 Å². The molecule has 0 spiro atoms. The van der Waals surface area contributed by atoms with E-state index in [0.29, 0.717) is 0 Å². The number of hydrogen-bond acceptors (Lipinski definition) is 4. The Balaban J connectivity index is 1.62. The molecule has 1 saturated carbocycles.